The number of hydrogen-bond donors (Lipinski definition) is 1. The van der Waals surface area contributed by atoms with Gasteiger partial charge in [-0.15, -0.1) is 0 Å². The predicted octanol–water partition coefficient (Wildman–Crippen LogP) is 6.94. The number of fused-ring (bicyclic) bond motifs is 1. The van der Waals surface area contributed by atoms with Crippen LogP contribution in [0.5, 0.6) is 0 Å². The van der Waals surface area contributed by atoms with Gasteiger partial charge in [-0.2, -0.15) is 0 Å². The van der Waals surface area contributed by atoms with Crippen molar-refractivity contribution in [1.29, 1.82) is 0 Å². The van der Waals surface area contributed by atoms with Gasteiger partial charge in [0.05, 0.1) is 5.54 Å². The second kappa shape index (κ2) is 12.9. The van der Waals surface area contributed by atoms with Crippen LogP contribution < -0.4 is 5.32 Å². The molecule has 0 aromatic heterocycles. The molecule has 3 rings (SSSR count). The molecule has 0 bridgehead atoms. The number of nitrogens with zero attached hydrogens (tertiary/aromatic N) is 1. The highest BCUT2D eigenvalue weighted by atomic mass is 79.9. The van der Waals surface area contributed by atoms with Crippen molar-refractivity contribution >= 4 is 27.7 Å². The highest BCUT2D eigenvalue weighted by Crippen LogP contribution is 2.52. The average molecular weight is 534 g/mol. The minimum atomic E-state index is -0.284. The van der Waals surface area contributed by atoms with Crippen molar-refractivity contribution in [3.05, 3.63) is 46.0 Å². The summed E-state index contributed by atoms with van der Waals surface area (Å²) in [4.78, 5) is 26.6. The van der Waals surface area contributed by atoms with Crippen molar-refractivity contribution in [1.82, 2.24) is 10.2 Å². The molecule has 0 spiro atoms. The van der Waals surface area contributed by atoms with Crippen LogP contribution in [0, 0.1) is 23.7 Å². The molecule has 4 nitrogen and oxygen atoms in total. The van der Waals surface area contributed by atoms with Gasteiger partial charge in [0.2, 0.25) is 11.8 Å². The van der Waals surface area contributed by atoms with E-state index in [0.29, 0.717) is 23.7 Å². The molecule has 1 heterocycles. The number of halogens is 1. The minimum Gasteiger partial charge on any atom is -0.347 e. The summed E-state index contributed by atoms with van der Waals surface area (Å²) in [5.41, 5.74) is 2.20. The maximum Gasteiger partial charge on any atom is 0.225 e. The molecule has 2 saturated carbocycles. The predicted molar refractivity (Wildman–Crippen MR) is 147 cm³/mol. The molecule has 0 aromatic carbocycles. The van der Waals surface area contributed by atoms with Crippen LogP contribution in [0.4, 0.5) is 0 Å². The molecule has 0 aromatic rings. The maximum absolute atomic E-state index is 12.5. The number of carbonyl (C=O) groups is 2. The number of piperidine rings is 1. The third-order valence-corrected chi connectivity index (χ3v) is 8.20. The molecular weight excluding hydrogens is 488 g/mol. The Bertz CT molecular complexity index is 836. The van der Waals surface area contributed by atoms with Gasteiger partial charge < -0.3 is 10.2 Å². The molecule has 2 aliphatic carbocycles. The van der Waals surface area contributed by atoms with E-state index in [1.165, 1.54) is 17.6 Å². The summed E-state index contributed by atoms with van der Waals surface area (Å²) in [5, 5.41) is 3.20. The number of hydrogen-bond acceptors (Lipinski definition) is 2. The van der Waals surface area contributed by atoms with Crippen LogP contribution in [-0.4, -0.2) is 35.3 Å². The van der Waals surface area contributed by atoms with E-state index < -0.39 is 0 Å². The topological polar surface area (TPSA) is 49.4 Å². The Morgan fingerprint density at radius 2 is 1.74 bits per heavy atom. The van der Waals surface area contributed by atoms with Gasteiger partial charge in [-0.25, -0.2) is 0 Å². The Morgan fingerprint density at radius 1 is 1.12 bits per heavy atom. The number of unbranched alkanes of at least 4 members (excludes halogenated alkanes) is 1. The van der Waals surface area contributed by atoms with Crippen molar-refractivity contribution < 1.29 is 9.59 Å². The number of carbonyl (C=O) groups excluding carboxylic acids is 2. The lowest BCUT2D eigenvalue weighted by molar-refractivity contribution is -0.133. The third kappa shape index (κ3) is 7.96. The molecule has 3 fully saturated rings. The Hall–Kier alpha value is -1.62. The Labute approximate surface area is 216 Å². The van der Waals surface area contributed by atoms with Gasteiger partial charge in [0.15, 0.2) is 0 Å². The molecule has 5 heteroatoms. The Morgan fingerprint density at radius 3 is 2.24 bits per heavy atom. The maximum atomic E-state index is 12.5. The first-order chi connectivity index (χ1) is 16.1. The standard InChI is InChI=1S/C18H28N2O2.C11H17Br/c1-5-6-11(2)18(3,4)19-16(21)15-13-9-20(10-14(13)15)17(22)12-7-8-12;1-4-6-7-8-9-11(12)10(3)5-2/h6,12-15H,5,7-10H2,1-4H3,(H,19,21);5,7-9H,4,6H2,1-3H3/b11-6-;8-7-,10-5+,11-9+. The van der Waals surface area contributed by atoms with Gasteiger partial charge in [-0.1, -0.05) is 66.1 Å². The summed E-state index contributed by atoms with van der Waals surface area (Å²) in [6, 6.07) is 0. The zero-order valence-corrected chi connectivity index (χ0v) is 23.9. The molecule has 34 heavy (non-hydrogen) atoms. The average Bonchev–Trinajstić information content (AvgIpc) is 3.72. The van der Waals surface area contributed by atoms with Gasteiger partial charge in [0, 0.05) is 29.4 Å². The lowest BCUT2D eigenvalue weighted by atomic mass is 9.94. The molecule has 2 atom stereocenters. The monoisotopic (exact) mass is 532 g/mol. The van der Waals surface area contributed by atoms with Crippen molar-refractivity contribution in [2.45, 2.75) is 86.1 Å². The smallest absolute Gasteiger partial charge is 0.225 e. The highest BCUT2D eigenvalue weighted by Gasteiger charge is 2.61. The van der Waals surface area contributed by atoms with E-state index in [-0.39, 0.29) is 17.4 Å². The fourth-order valence-corrected chi connectivity index (χ4v) is 4.80. The van der Waals surface area contributed by atoms with E-state index in [4.69, 9.17) is 0 Å². The zero-order valence-electron chi connectivity index (χ0n) is 22.3. The first kappa shape index (κ1) is 28.6. The molecular formula is C29H45BrN2O2. The van der Waals surface area contributed by atoms with Gasteiger partial charge in [-0.05, 0) is 83.8 Å². The van der Waals surface area contributed by atoms with E-state index in [1.54, 1.807) is 0 Å². The molecule has 2 unspecified atom stereocenters. The van der Waals surface area contributed by atoms with Gasteiger partial charge >= 0.3 is 0 Å². The minimum absolute atomic E-state index is 0.122. The van der Waals surface area contributed by atoms with E-state index >= 15 is 0 Å². The zero-order chi connectivity index (χ0) is 25.5. The van der Waals surface area contributed by atoms with Crippen molar-refractivity contribution in [3.8, 4) is 0 Å². The van der Waals surface area contributed by atoms with Crippen LogP contribution in [0.3, 0.4) is 0 Å². The van der Waals surface area contributed by atoms with E-state index in [2.05, 4.69) is 93.2 Å². The fraction of sp³-hybridized carbons (Fsp3) is 0.655. The number of nitrogens with one attached hydrogen (secondary N) is 1. The molecule has 0 radical (unpaired) electrons. The highest BCUT2D eigenvalue weighted by molar-refractivity contribution is 9.12. The summed E-state index contributed by atoms with van der Waals surface area (Å²) in [5.74, 6) is 1.71. The lowest BCUT2D eigenvalue weighted by Gasteiger charge is -2.28. The summed E-state index contributed by atoms with van der Waals surface area (Å²) < 4.78 is 1.16. The number of amides is 2. The second-order valence-electron chi connectivity index (χ2n) is 10.5. The van der Waals surface area contributed by atoms with Crippen LogP contribution in [0.1, 0.15) is 80.6 Å². The fourth-order valence-electron chi connectivity index (χ4n) is 4.42. The van der Waals surface area contributed by atoms with E-state index in [1.807, 2.05) is 11.8 Å². The third-order valence-electron chi connectivity index (χ3n) is 7.31. The van der Waals surface area contributed by atoms with Gasteiger partial charge in [0.1, 0.15) is 0 Å². The van der Waals surface area contributed by atoms with Crippen LogP contribution in [-0.2, 0) is 9.59 Å². The van der Waals surface area contributed by atoms with Crippen molar-refractivity contribution in [3.63, 3.8) is 0 Å². The van der Waals surface area contributed by atoms with E-state index in [0.717, 1.165) is 43.3 Å². The lowest BCUT2D eigenvalue weighted by Crippen LogP contribution is -2.46. The second-order valence-corrected chi connectivity index (χ2v) is 11.3. The summed E-state index contributed by atoms with van der Waals surface area (Å²) in [7, 11) is 0. The van der Waals surface area contributed by atoms with Crippen LogP contribution >= 0.6 is 15.9 Å². The molecule has 1 aliphatic heterocycles. The molecule has 1 saturated heterocycles. The van der Waals surface area contributed by atoms with E-state index in [9.17, 15) is 9.59 Å². The Kier molecular flexibility index (Phi) is 10.9. The summed E-state index contributed by atoms with van der Waals surface area (Å²) in [6.07, 6.45) is 16.1. The van der Waals surface area contributed by atoms with Gasteiger partial charge in [0.25, 0.3) is 0 Å². The van der Waals surface area contributed by atoms with Crippen LogP contribution in [0.15, 0.2) is 46.0 Å². The van der Waals surface area contributed by atoms with Crippen molar-refractivity contribution in [2.75, 3.05) is 13.1 Å². The quantitative estimate of drug-likeness (QED) is 0.258. The molecule has 3 aliphatic rings. The Balaban J connectivity index is 0.000000292. The molecule has 1 N–H and O–H groups in total. The number of rotatable bonds is 9. The van der Waals surface area contributed by atoms with Crippen LogP contribution in [0.2, 0.25) is 0 Å². The molecule has 2 amide bonds. The summed E-state index contributed by atoms with van der Waals surface area (Å²) in [6.45, 7) is 16.2. The SMILES string of the molecule is C/C=C(C)/C(Br)=C\C=C/CCC.CC/C=C(/C)C(C)(C)NC(=O)C1C2CN(C(=O)C3CC3)CC21. The normalized spacial score (nSPS) is 25.1. The molecule has 190 valence electrons. The number of allylic oxidation sites excluding steroid dienone is 7. The number of likely N-dealkylation sites (tertiary alicyclic amines) is 1. The van der Waals surface area contributed by atoms with Gasteiger partial charge in [-0.3, -0.25) is 9.59 Å². The van der Waals surface area contributed by atoms with Crippen LogP contribution in [0.25, 0.3) is 0 Å². The first-order valence-electron chi connectivity index (χ1n) is 13.0. The first-order valence-corrected chi connectivity index (χ1v) is 13.8. The summed E-state index contributed by atoms with van der Waals surface area (Å²) >= 11 is 3.50. The van der Waals surface area contributed by atoms with Crippen molar-refractivity contribution in [2.24, 2.45) is 23.7 Å². The largest absolute Gasteiger partial charge is 0.347 e.